The maximum Gasteiger partial charge on any atom is 0.375 e. The van der Waals surface area contributed by atoms with Crippen LogP contribution in [0.4, 0.5) is 0 Å². The average Bonchev–Trinajstić information content (AvgIpc) is 3.21. The van der Waals surface area contributed by atoms with Crippen LogP contribution in [0.1, 0.15) is 35.9 Å². The maximum atomic E-state index is 12.2. The van der Waals surface area contributed by atoms with E-state index in [-0.39, 0.29) is 17.7 Å². The molecule has 1 aromatic carbocycles. The van der Waals surface area contributed by atoms with Gasteiger partial charge in [0.05, 0.1) is 0 Å². The molecule has 1 fully saturated rings. The molecule has 1 aliphatic rings. The molecule has 3 rings (SSSR count). The van der Waals surface area contributed by atoms with Crippen molar-refractivity contribution in [2.75, 3.05) is 0 Å². The Morgan fingerprint density at radius 1 is 1.33 bits per heavy atom. The molecule has 0 unspecified atom stereocenters. The number of carbonyl (C=O) groups excluding carboxylic acids is 2. The molecule has 0 spiro atoms. The molecule has 5 heteroatoms. The van der Waals surface area contributed by atoms with Gasteiger partial charge in [-0.15, -0.1) is 0 Å². The lowest BCUT2D eigenvalue weighted by Crippen LogP contribution is -2.37. The van der Waals surface area contributed by atoms with Gasteiger partial charge in [-0.1, -0.05) is 18.2 Å². The normalized spacial score (nSPS) is 15.7. The molecule has 1 heterocycles. The highest BCUT2D eigenvalue weighted by atomic mass is 16.6. The monoisotopic (exact) mass is 287 g/mol. The van der Waals surface area contributed by atoms with Crippen LogP contribution in [0.3, 0.4) is 0 Å². The minimum absolute atomic E-state index is 0.155. The molecule has 110 valence electrons. The van der Waals surface area contributed by atoms with Gasteiger partial charge >= 0.3 is 5.97 Å². The fourth-order valence-corrected chi connectivity index (χ4v) is 2.18. The van der Waals surface area contributed by atoms with Crippen molar-refractivity contribution in [1.82, 2.24) is 5.32 Å². The number of nitrogens with one attached hydrogen (secondary N) is 1. The van der Waals surface area contributed by atoms with Crippen molar-refractivity contribution in [1.29, 1.82) is 0 Å². The second-order valence-electron chi connectivity index (χ2n) is 5.38. The molecule has 0 saturated heterocycles. The van der Waals surface area contributed by atoms with E-state index in [0.29, 0.717) is 5.58 Å². The van der Waals surface area contributed by atoms with Crippen LogP contribution in [0.2, 0.25) is 0 Å². The van der Waals surface area contributed by atoms with E-state index in [4.69, 9.17) is 9.15 Å². The van der Waals surface area contributed by atoms with Crippen LogP contribution in [0, 0.1) is 6.92 Å². The Labute approximate surface area is 122 Å². The zero-order valence-corrected chi connectivity index (χ0v) is 12.0. The molecular formula is C16H17NO4. The molecule has 21 heavy (non-hydrogen) atoms. The summed E-state index contributed by atoms with van der Waals surface area (Å²) in [6.07, 6.45) is 1.16. The predicted molar refractivity (Wildman–Crippen MR) is 77.0 cm³/mol. The summed E-state index contributed by atoms with van der Waals surface area (Å²) in [5.74, 6) is -0.718. The molecule has 5 nitrogen and oxygen atoms in total. The summed E-state index contributed by atoms with van der Waals surface area (Å²) in [7, 11) is 0. The first-order chi connectivity index (χ1) is 10.1. The zero-order valence-electron chi connectivity index (χ0n) is 12.0. The number of carbonyl (C=O) groups is 2. The van der Waals surface area contributed by atoms with Crippen LogP contribution < -0.4 is 5.32 Å². The summed E-state index contributed by atoms with van der Waals surface area (Å²) in [5.41, 5.74) is 1.36. The van der Waals surface area contributed by atoms with Crippen molar-refractivity contribution < 1.29 is 18.7 Å². The number of hydrogen-bond acceptors (Lipinski definition) is 4. The second-order valence-corrected chi connectivity index (χ2v) is 5.38. The first kappa shape index (κ1) is 13.7. The van der Waals surface area contributed by atoms with Gasteiger partial charge in [0.1, 0.15) is 5.58 Å². The fraction of sp³-hybridized carbons (Fsp3) is 0.375. The van der Waals surface area contributed by atoms with Crippen LogP contribution in [0.5, 0.6) is 0 Å². The van der Waals surface area contributed by atoms with Gasteiger partial charge in [-0.25, -0.2) is 4.79 Å². The van der Waals surface area contributed by atoms with E-state index in [1.165, 1.54) is 0 Å². The summed E-state index contributed by atoms with van der Waals surface area (Å²) in [4.78, 5) is 24.0. The summed E-state index contributed by atoms with van der Waals surface area (Å²) in [6, 6.07) is 7.64. The lowest BCUT2D eigenvalue weighted by Gasteiger charge is -2.12. The molecule has 0 bridgehead atoms. The van der Waals surface area contributed by atoms with Crippen molar-refractivity contribution >= 4 is 22.8 Å². The largest absolute Gasteiger partial charge is 0.449 e. The fourth-order valence-electron chi connectivity index (χ4n) is 2.18. The number of aryl methyl sites for hydroxylation is 1. The van der Waals surface area contributed by atoms with Gasteiger partial charge in [-0.3, -0.25) is 4.79 Å². The third-order valence-corrected chi connectivity index (χ3v) is 3.61. The Morgan fingerprint density at radius 3 is 2.71 bits per heavy atom. The van der Waals surface area contributed by atoms with E-state index in [1.54, 1.807) is 19.9 Å². The topological polar surface area (TPSA) is 68.5 Å². The Bertz CT molecular complexity index is 699. The summed E-state index contributed by atoms with van der Waals surface area (Å²) < 4.78 is 10.7. The van der Waals surface area contributed by atoms with Gasteiger partial charge < -0.3 is 14.5 Å². The van der Waals surface area contributed by atoms with Crippen LogP contribution in [0.15, 0.2) is 28.7 Å². The summed E-state index contributed by atoms with van der Waals surface area (Å²) >= 11 is 0. The highest BCUT2D eigenvalue weighted by molar-refractivity contribution is 5.97. The van der Waals surface area contributed by atoms with Crippen LogP contribution in [-0.2, 0) is 9.53 Å². The number of amides is 1. The van der Waals surface area contributed by atoms with Crippen molar-refractivity contribution in [2.24, 2.45) is 0 Å². The number of fused-ring (bicyclic) bond motifs is 1. The molecule has 1 saturated carbocycles. The van der Waals surface area contributed by atoms with Gasteiger partial charge in [0, 0.05) is 17.0 Å². The summed E-state index contributed by atoms with van der Waals surface area (Å²) in [5, 5.41) is 3.68. The third kappa shape index (κ3) is 2.77. The smallest absolute Gasteiger partial charge is 0.375 e. The Hall–Kier alpha value is -2.30. The van der Waals surface area contributed by atoms with Crippen molar-refractivity contribution in [3.63, 3.8) is 0 Å². The predicted octanol–water partition coefficient (Wildman–Crippen LogP) is 2.57. The number of benzene rings is 1. The Morgan fingerprint density at radius 2 is 2.05 bits per heavy atom. The quantitative estimate of drug-likeness (QED) is 0.877. The number of esters is 1. The van der Waals surface area contributed by atoms with Crippen LogP contribution in [0.25, 0.3) is 11.0 Å². The highest BCUT2D eigenvalue weighted by Crippen LogP contribution is 2.25. The standard InChI is InChI=1S/C16H17NO4/c1-9-12-5-3-4-6-13(12)21-14(9)16(19)20-10(2)15(18)17-11-7-8-11/h3-6,10-11H,7-8H2,1-2H3,(H,17,18)/t10-/m1/s1. The van der Waals surface area contributed by atoms with Gasteiger partial charge in [-0.05, 0) is 32.8 Å². The van der Waals surface area contributed by atoms with Gasteiger partial charge in [0.2, 0.25) is 5.76 Å². The first-order valence-electron chi connectivity index (χ1n) is 7.05. The number of rotatable bonds is 4. The minimum Gasteiger partial charge on any atom is -0.449 e. The van der Waals surface area contributed by atoms with E-state index in [1.807, 2.05) is 18.2 Å². The number of hydrogen-bond donors (Lipinski definition) is 1. The van der Waals surface area contributed by atoms with Gasteiger partial charge in [0.15, 0.2) is 6.10 Å². The Balaban J connectivity index is 1.74. The molecule has 1 amide bonds. The molecule has 0 aliphatic heterocycles. The lowest BCUT2D eigenvalue weighted by atomic mass is 10.1. The molecule has 1 aliphatic carbocycles. The molecule has 0 radical (unpaired) electrons. The number of ether oxygens (including phenoxy) is 1. The van der Waals surface area contributed by atoms with Crippen molar-refractivity contribution in [3.05, 3.63) is 35.6 Å². The molecule has 1 aromatic heterocycles. The van der Waals surface area contributed by atoms with Crippen LogP contribution in [-0.4, -0.2) is 24.0 Å². The SMILES string of the molecule is Cc1c(C(=O)O[C@H](C)C(=O)NC2CC2)oc2ccccc12. The van der Waals surface area contributed by atoms with E-state index >= 15 is 0 Å². The maximum absolute atomic E-state index is 12.2. The van der Waals surface area contributed by atoms with Crippen molar-refractivity contribution in [3.8, 4) is 0 Å². The second kappa shape index (κ2) is 5.24. The average molecular weight is 287 g/mol. The first-order valence-corrected chi connectivity index (χ1v) is 7.05. The highest BCUT2D eigenvalue weighted by Gasteiger charge is 2.28. The van der Waals surface area contributed by atoms with E-state index in [0.717, 1.165) is 23.8 Å². The Kier molecular flexibility index (Phi) is 3.41. The molecule has 2 aromatic rings. The van der Waals surface area contributed by atoms with Gasteiger partial charge in [0.25, 0.3) is 5.91 Å². The molecule has 1 atom stereocenters. The van der Waals surface area contributed by atoms with Crippen LogP contribution >= 0.6 is 0 Å². The molecule has 1 N–H and O–H groups in total. The third-order valence-electron chi connectivity index (χ3n) is 3.61. The zero-order chi connectivity index (χ0) is 15.0. The lowest BCUT2D eigenvalue weighted by molar-refractivity contribution is -0.129. The molecular weight excluding hydrogens is 270 g/mol. The van der Waals surface area contributed by atoms with E-state index in [2.05, 4.69) is 5.32 Å². The number of para-hydroxylation sites is 1. The minimum atomic E-state index is -0.828. The number of furan rings is 1. The summed E-state index contributed by atoms with van der Waals surface area (Å²) in [6.45, 7) is 3.37. The van der Waals surface area contributed by atoms with E-state index in [9.17, 15) is 9.59 Å². The van der Waals surface area contributed by atoms with E-state index < -0.39 is 12.1 Å². The van der Waals surface area contributed by atoms with Gasteiger partial charge in [-0.2, -0.15) is 0 Å². The van der Waals surface area contributed by atoms with Crippen molar-refractivity contribution in [2.45, 2.75) is 38.8 Å².